The number of nitrogens with one attached hydrogen (secondary N) is 1. The highest BCUT2D eigenvalue weighted by Gasteiger charge is 2.24. The van der Waals surface area contributed by atoms with Gasteiger partial charge in [-0.3, -0.25) is 9.59 Å². The molecule has 0 radical (unpaired) electrons. The third kappa shape index (κ3) is 4.57. The molecule has 1 aliphatic rings. The summed E-state index contributed by atoms with van der Waals surface area (Å²) in [4.78, 5) is 27.3. The summed E-state index contributed by atoms with van der Waals surface area (Å²) in [6.07, 6.45) is 1.78. The van der Waals surface area contributed by atoms with Gasteiger partial charge in [-0.15, -0.1) is 0 Å². The normalized spacial score (nSPS) is 13.9. The molecular weight excluding hydrogens is 336 g/mol. The van der Waals surface area contributed by atoms with E-state index in [1.165, 1.54) is 0 Å². The van der Waals surface area contributed by atoms with Crippen LogP contribution in [-0.2, 0) is 6.42 Å². The molecule has 2 aromatic carbocycles. The Hall–Kier alpha value is -2.62. The quantitative estimate of drug-likeness (QED) is 0.879. The second-order valence-corrected chi connectivity index (χ2v) is 8.52. The van der Waals surface area contributed by atoms with Crippen LogP contribution in [0.4, 0.5) is 5.69 Å². The summed E-state index contributed by atoms with van der Waals surface area (Å²) < 4.78 is 0. The zero-order valence-corrected chi connectivity index (χ0v) is 16.6. The second-order valence-electron chi connectivity index (χ2n) is 8.52. The van der Waals surface area contributed by atoms with Crippen molar-refractivity contribution in [1.82, 2.24) is 5.32 Å². The van der Waals surface area contributed by atoms with E-state index in [0.717, 1.165) is 29.7 Å². The molecule has 2 amide bonds. The molecule has 0 fully saturated rings. The Balaban J connectivity index is 1.82. The predicted octanol–water partition coefficient (Wildman–Crippen LogP) is 4.36. The summed E-state index contributed by atoms with van der Waals surface area (Å²) in [5.41, 5.74) is 4.45. The minimum atomic E-state index is -0.0603. The summed E-state index contributed by atoms with van der Waals surface area (Å²) in [5, 5.41) is 2.99. The SMILES string of the molecule is Cc1cccc(C(=O)N2CCCc3cc(C(=O)NCC(C)(C)C)ccc32)c1. The third-order valence-corrected chi connectivity index (χ3v) is 4.75. The van der Waals surface area contributed by atoms with Gasteiger partial charge in [0.15, 0.2) is 0 Å². The number of nitrogens with zero attached hydrogens (tertiary/aromatic N) is 1. The van der Waals surface area contributed by atoms with Gasteiger partial charge in [0.05, 0.1) is 0 Å². The monoisotopic (exact) mass is 364 g/mol. The average Bonchev–Trinajstić information content (AvgIpc) is 2.64. The maximum absolute atomic E-state index is 13.0. The Labute approximate surface area is 161 Å². The van der Waals surface area contributed by atoms with Gasteiger partial charge in [-0.25, -0.2) is 0 Å². The molecule has 0 atom stereocenters. The van der Waals surface area contributed by atoms with Crippen molar-refractivity contribution in [1.29, 1.82) is 0 Å². The fourth-order valence-corrected chi connectivity index (χ4v) is 3.33. The van der Waals surface area contributed by atoms with E-state index in [2.05, 4.69) is 26.1 Å². The number of anilines is 1. The van der Waals surface area contributed by atoms with E-state index < -0.39 is 0 Å². The smallest absolute Gasteiger partial charge is 0.258 e. The lowest BCUT2D eigenvalue weighted by Gasteiger charge is -2.30. The highest BCUT2D eigenvalue weighted by Crippen LogP contribution is 2.29. The van der Waals surface area contributed by atoms with Crippen LogP contribution in [0.3, 0.4) is 0 Å². The lowest BCUT2D eigenvalue weighted by Crippen LogP contribution is -2.36. The second kappa shape index (κ2) is 7.55. The number of carbonyl (C=O) groups excluding carboxylic acids is 2. The van der Waals surface area contributed by atoms with Gasteiger partial charge in [0.25, 0.3) is 11.8 Å². The van der Waals surface area contributed by atoms with Crippen molar-refractivity contribution >= 4 is 17.5 Å². The molecular formula is C23H28N2O2. The van der Waals surface area contributed by atoms with Gasteiger partial charge >= 0.3 is 0 Å². The van der Waals surface area contributed by atoms with Crippen LogP contribution in [0.5, 0.6) is 0 Å². The molecule has 1 heterocycles. The number of carbonyl (C=O) groups is 2. The molecule has 4 nitrogen and oxygen atoms in total. The number of benzene rings is 2. The lowest BCUT2D eigenvalue weighted by molar-refractivity contribution is 0.0938. The lowest BCUT2D eigenvalue weighted by atomic mass is 9.96. The maximum atomic E-state index is 13.0. The summed E-state index contributed by atoms with van der Waals surface area (Å²) in [5.74, 6) is -0.0422. The molecule has 0 unspecified atom stereocenters. The van der Waals surface area contributed by atoms with Crippen molar-refractivity contribution in [2.24, 2.45) is 5.41 Å². The molecule has 0 saturated carbocycles. The van der Waals surface area contributed by atoms with Crippen LogP contribution in [0, 0.1) is 12.3 Å². The zero-order chi connectivity index (χ0) is 19.6. The topological polar surface area (TPSA) is 49.4 Å². The molecule has 3 rings (SSSR count). The number of hydrogen-bond donors (Lipinski definition) is 1. The van der Waals surface area contributed by atoms with Gasteiger partial charge in [-0.2, -0.15) is 0 Å². The number of aryl methyl sites for hydroxylation is 2. The van der Waals surface area contributed by atoms with Crippen molar-refractivity contribution in [3.63, 3.8) is 0 Å². The first-order chi connectivity index (χ1) is 12.7. The molecule has 0 saturated heterocycles. The number of rotatable bonds is 3. The molecule has 0 spiro atoms. The number of hydrogen-bond acceptors (Lipinski definition) is 2. The fourth-order valence-electron chi connectivity index (χ4n) is 3.33. The molecule has 0 aromatic heterocycles. The van der Waals surface area contributed by atoms with Gasteiger partial charge in [0, 0.05) is 29.9 Å². The third-order valence-electron chi connectivity index (χ3n) is 4.75. The number of amides is 2. The summed E-state index contributed by atoms with van der Waals surface area (Å²) in [7, 11) is 0. The minimum absolute atomic E-state index is 0.0181. The van der Waals surface area contributed by atoms with Gasteiger partial charge in [0.2, 0.25) is 0 Å². The van der Waals surface area contributed by atoms with Crippen LogP contribution >= 0.6 is 0 Å². The van der Waals surface area contributed by atoms with Gasteiger partial charge in [-0.05, 0) is 61.1 Å². The molecule has 1 N–H and O–H groups in total. The molecule has 0 bridgehead atoms. The van der Waals surface area contributed by atoms with Crippen molar-refractivity contribution < 1.29 is 9.59 Å². The number of fused-ring (bicyclic) bond motifs is 1. The van der Waals surface area contributed by atoms with Gasteiger partial charge < -0.3 is 10.2 Å². The molecule has 2 aromatic rings. The summed E-state index contributed by atoms with van der Waals surface area (Å²) >= 11 is 0. The van der Waals surface area contributed by atoms with Crippen LogP contribution in [0.25, 0.3) is 0 Å². The first kappa shape index (κ1) is 19.2. The van der Waals surface area contributed by atoms with Crippen molar-refractivity contribution in [2.75, 3.05) is 18.0 Å². The first-order valence-corrected chi connectivity index (χ1v) is 9.54. The van der Waals surface area contributed by atoms with Crippen LogP contribution in [-0.4, -0.2) is 24.9 Å². The van der Waals surface area contributed by atoms with Crippen LogP contribution in [0.1, 0.15) is 59.0 Å². The van der Waals surface area contributed by atoms with E-state index in [0.29, 0.717) is 24.2 Å². The Kier molecular flexibility index (Phi) is 5.36. The van der Waals surface area contributed by atoms with Gasteiger partial charge in [0.1, 0.15) is 0 Å². The van der Waals surface area contributed by atoms with Crippen molar-refractivity contribution in [2.45, 2.75) is 40.5 Å². The molecule has 27 heavy (non-hydrogen) atoms. The van der Waals surface area contributed by atoms with E-state index in [1.54, 1.807) is 0 Å². The Morgan fingerprint density at radius 2 is 1.85 bits per heavy atom. The molecule has 4 heteroatoms. The van der Waals surface area contributed by atoms with E-state index in [1.807, 2.05) is 54.3 Å². The van der Waals surface area contributed by atoms with Crippen LogP contribution in [0.15, 0.2) is 42.5 Å². The standard InChI is InChI=1S/C23H28N2O2/c1-16-7-5-8-19(13-16)22(27)25-12-6-9-17-14-18(10-11-20(17)25)21(26)24-15-23(2,3)4/h5,7-8,10-11,13-14H,6,9,12,15H2,1-4H3,(H,24,26). The zero-order valence-electron chi connectivity index (χ0n) is 16.6. The Morgan fingerprint density at radius 3 is 2.56 bits per heavy atom. The van der Waals surface area contributed by atoms with Crippen LogP contribution in [0.2, 0.25) is 0 Å². The predicted molar refractivity (Wildman–Crippen MR) is 109 cm³/mol. The van der Waals surface area contributed by atoms with Crippen LogP contribution < -0.4 is 10.2 Å². The Morgan fingerprint density at radius 1 is 1.07 bits per heavy atom. The van der Waals surface area contributed by atoms with E-state index in [4.69, 9.17) is 0 Å². The molecule has 1 aliphatic heterocycles. The minimum Gasteiger partial charge on any atom is -0.352 e. The fraction of sp³-hybridized carbons (Fsp3) is 0.391. The summed E-state index contributed by atoms with van der Waals surface area (Å²) in [6, 6.07) is 13.3. The molecule has 142 valence electrons. The molecule has 0 aliphatic carbocycles. The van der Waals surface area contributed by atoms with Crippen molar-refractivity contribution in [3.8, 4) is 0 Å². The van der Waals surface area contributed by atoms with E-state index in [9.17, 15) is 9.59 Å². The Bertz CT molecular complexity index is 865. The van der Waals surface area contributed by atoms with E-state index in [-0.39, 0.29) is 17.2 Å². The first-order valence-electron chi connectivity index (χ1n) is 9.54. The highest BCUT2D eigenvalue weighted by atomic mass is 16.2. The van der Waals surface area contributed by atoms with Gasteiger partial charge in [-0.1, -0.05) is 38.5 Å². The average molecular weight is 364 g/mol. The summed E-state index contributed by atoms with van der Waals surface area (Å²) in [6.45, 7) is 9.60. The maximum Gasteiger partial charge on any atom is 0.258 e. The highest BCUT2D eigenvalue weighted by molar-refractivity contribution is 6.07. The van der Waals surface area contributed by atoms with E-state index >= 15 is 0 Å². The van der Waals surface area contributed by atoms with Crippen molar-refractivity contribution in [3.05, 3.63) is 64.7 Å². The largest absolute Gasteiger partial charge is 0.352 e.